The Morgan fingerprint density at radius 3 is 2.79 bits per heavy atom. The van der Waals surface area contributed by atoms with E-state index in [1.54, 1.807) is 39.3 Å². The predicted molar refractivity (Wildman–Crippen MR) is 76.0 cm³/mol. The molecule has 1 unspecified atom stereocenters. The number of carbonyl (C=O) groups excluding carboxylic acids is 1. The topological polar surface area (TPSA) is 59.6 Å². The van der Waals surface area contributed by atoms with Gasteiger partial charge in [-0.1, -0.05) is 11.6 Å². The van der Waals surface area contributed by atoms with Gasteiger partial charge >= 0.3 is 0 Å². The minimum absolute atomic E-state index is 0.112. The van der Waals surface area contributed by atoms with Crippen molar-refractivity contribution >= 4 is 23.2 Å². The van der Waals surface area contributed by atoms with E-state index in [0.717, 1.165) is 0 Å². The molecule has 0 fully saturated rings. The van der Waals surface area contributed by atoms with Gasteiger partial charge in [-0.3, -0.25) is 4.79 Å². The number of anilines is 1. The lowest BCUT2D eigenvalue weighted by molar-refractivity contribution is -0.121. The van der Waals surface area contributed by atoms with E-state index in [9.17, 15) is 4.79 Å². The molecule has 0 aliphatic heterocycles. The van der Waals surface area contributed by atoms with E-state index in [4.69, 9.17) is 21.1 Å². The number of methoxy groups -OCH3 is 2. The van der Waals surface area contributed by atoms with Crippen LogP contribution >= 0.6 is 11.6 Å². The number of halogens is 1. The Morgan fingerprint density at radius 2 is 2.16 bits per heavy atom. The maximum Gasteiger partial charge on any atom is 0.242 e. The molecule has 5 nitrogen and oxygen atoms in total. The van der Waals surface area contributed by atoms with Gasteiger partial charge in [0.15, 0.2) is 0 Å². The molecule has 106 valence electrons. The Labute approximate surface area is 118 Å². The number of rotatable bonds is 7. The van der Waals surface area contributed by atoms with Gasteiger partial charge < -0.3 is 20.1 Å². The van der Waals surface area contributed by atoms with Crippen LogP contribution in [0.25, 0.3) is 0 Å². The van der Waals surface area contributed by atoms with Gasteiger partial charge in [-0.2, -0.15) is 0 Å². The van der Waals surface area contributed by atoms with Crippen molar-refractivity contribution in [3.05, 3.63) is 23.2 Å². The second-order valence-corrected chi connectivity index (χ2v) is 4.43. The summed E-state index contributed by atoms with van der Waals surface area (Å²) in [6.45, 7) is 2.73. The van der Waals surface area contributed by atoms with Crippen LogP contribution in [0.15, 0.2) is 18.2 Å². The number of hydrogen-bond acceptors (Lipinski definition) is 4. The SMILES string of the molecule is COCCNC(=O)C(C)Nc1cc(Cl)ccc1OC. The molecule has 0 saturated carbocycles. The molecule has 1 aromatic rings. The fraction of sp³-hybridized carbons (Fsp3) is 0.462. The summed E-state index contributed by atoms with van der Waals surface area (Å²) >= 11 is 5.93. The average molecular weight is 287 g/mol. The van der Waals surface area contributed by atoms with Crippen LogP contribution in [0.4, 0.5) is 5.69 Å². The minimum Gasteiger partial charge on any atom is -0.495 e. The lowest BCUT2D eigenvalue weighted by Gasteiger charge is -2.17. The summed E-state index contributed by atoms with van der Waals surface area (Å²) in [7, 11) is 3.16. The molecule has 1 atom stereocenters. The molecule has 0 saturated heterocycles. The largest absolute Gasteiger partial charge is 0.495 e. The van der Waals surface area contributed by atoms with E-state index >= 15 is 0 Å². The molecular formula is C13H19ClN2O3. The predicted octanol–water partition coefficient (Wildman–Crippen LogP) is 1.91. The summed E-state index contributed by atoms with van der Waals surface area (Å²) in [6, 6.07) is 4.80. The molecule has 1 rings (SSSR count). The summed E-state index contributed by atoms with van der Waals surface area (Å²) < 4.78 is 10.1. The molecule has 0 spiro atoms. The zero-order chi connectivity index (χ0) is 14.3. The highest BCUT2D eigenvalue weighted by Gasteiger charge is 2.14. The number of amides is 1. The van der Waals surface area contributed by atoms with Crippen molar-refractivity contribution in [2.24, 2.45) is 0 Å². The summed E-state index contributed by atoms with van der Waals surface area (Å²) in [5.74, 6) is 0.528. The van der Waals surface area contributed by atoms with Crippen molar-refractivity contribution < 1.29 is 14.3 Å². The maximum atomic E-state index is 11.8. The zero-order valence-corrected chi connectivity index (χ0v) is 12.1. The Morgan fingerprint density at radius 1 is 1.42 bits per heavy atom. The lowest BCUT2D eigenvalue weighted by atomic mass is 10.2. The van der Waals surface area contributed by atoms with Crippen LogP contribution < -0.4 is 15.4 Å². The zero-order valence-electron chi connectivity index (χ0n) is 11.3. The summed E-state index contributed by atoms with van der Waals surface area (Å²) in [4.78, 5) is 11.8. The number of benzene rings is 1. The molecule has 1 aromatic carbocycles. The lowest BCUT2D eigenvalue weighted by Crippen LogP contribution is -2.39. The first kappa shape index (κ1) is 15.6. The van der Waals surface area contributed by atoms with Crippen LogP contribution in [0.3, 0.4) is 0 Å². The number of nitrogens with one attached hydrogen (secondary N) is 2. The first-order chi connectivity index (χ1) is 9.08. The van der Waals surface area contributed by atoms with Gasteiger partial charge in [0.2, 0.25) is 5.91 Å². The molecule has 6 heteroatoms. The van der Waals surface area contributed by atoms with Gasteiger partial charge in [-0.25, -0.2) is 0 Å². The van der Waals surface area contributed by atoms with Gasteiger partial charge in [-0.05, 0) is 25.1 Å². The van der Waals surface area contributed by atoms with E-state index in [2.05, 4.69) is 10.6 Å². The molecule has 19 heavy (non-hydrogen) atoms. The molecule has 0 radical (unpaired) electrons. The van der Waals surface area contributed by atoms with Crippen LogP contribution in [0.5, 0.6) is 5.75 Å². The highest BCUT2D eigenvalue weighted by atomic mass is 35.5. The first-order valence-corrected chi connectivity index (χ1v) is 6.33. The second kappa shape index (κ2) is 7.86. The molecule has 0 aliphatic rings. The number of carbonyl (C=O) groups is 1. The normalized spacial score (nSPS) is 11.8. The third-order valence-electron chi connectivity index (χ3n) is 2.53. The maximum absolute atomic E-state index is 11.8. The van der Waals surface area contributed by atoms with Gasteiger partial charge in [0, 0.05) is 18.7 Å². The van der Waals surface area contributed by atoms with Gasteiger partial charge in [0.25, 0.3) is 0 Å². The summed E-state index contributed by atoms with van der Waals surface area (Å²) in [6.07, 6.45) is 0. The van der Waals surface area contributed by atoms with Crippen molar-refractivity contribution in [1.29, 1.82) is 0 Å². The standard InChI is InChI=1S/C13H19ClN2O3/c1-9(13(17)15-6-7-18-2)16-11-8-10(14)4-5-12(11)19-3/h4-5,8-9,16H,6-7H2,1-3H3,(H,15,17). The van der Waals surface area contributed by atoms with Crippen LogP contribution in [0.1, 0.15) is 6.92 Å². The van der Waals surface area contributed by atoms with Crippen LogP contribution in [-0.2, 0) is 9.53 Å². The molecule has 0 aliphatic carbocycles. The molecule has 2 N–H and O–H groups in total. The van der Waals surface area contributed by atoms with E-state index in [-0.39, 0.29) is 5.91 Å². The van der Waals surface area contributed by atoms with E-state index in [1.807, 2.05) is 0 Å². The van der Waals surface area contributed by atoms with E-state index in [1.165, 1.54) is 0 Å². The first-order valence-electron chi connectivity index (χ1n) is 5.95. The highest BCUT2D eigenvalue weighted by Crippen LogP contribution is 2.28. The van der Waals surface area contributed by atoms with Gasteiger partial charge in [0.05, 0.1) is 19.4 Å². The summed E-state index contributed by atoms with van der Waals surface area (Å²) in [5, 5.41) is 6.40. The fourth-order valence-electron chi connectivity index (χ4n) is 1.52. The smallest absolute Gasteiger partial charge is 0.242 e. The van der Waals surface area contributed by atoms with Crippen LogP contribution in [0, 0.1) is 0 Å². The third kappa shape index (κ3) is 4.96. The quantitative estimate of drug-likeness (QED) is 0.752. The fourth-order valence-corrected chi connectivity index (χ4v) is 1.69. The third-order valence-corrected chi connectivity index (χ3v) is 2.77. The van der Waals surface area contributed by atoms with Crippen molar-refractivity contribution in [2.75, 3.05) is 32.7 Å². The second-order valence-electron chi connectivity index (χ2n) is 3.99. The number of hydrogen-bond donors (Lipinski definition) is 2. The van der Waals surface area contributed by atoms with Gasteiger partial charge in [0.1, 0.15) is 11.8 Å². The molecule has 0 aromatic heterocycles. The van der Waals surface area contributed by atoms with Crippen molar-refractivity contribution in [1.82, 2.24) is 5.32 Å². The molecule has 1 amide bonds. The van der Waals surface area contributed by atoms with Crippen LogP contribution in [-0.4, -0.2) is 39.3 Å². The van der Waals surface area contributed by atoms with Gasteiger partial charge in [-0.15, -0.1) is 0 Å². The van der Waals surface area contributed by atoms with Crippen LogP contribution in [0.2, 0.25) is 5.02 Å². The molecule has 0 heterocycles. The Bertz CT molecular complexity index is 426. The average Bonchev–Trinajstić information content (AvgIpc) is 2.39. The highest BCUT2D eigenvalue weighted by molar-refractivity contribution is 6.30. The molecular weight excluding hydrogens is 268 g/mol. The Balaban J connectivity index is 2.62. The minimum atomic E-state index is -0.399. The Kier molecular flexibility index (Phi) is 6.45. The summed E-state index contributed by atoms with van der Waals surface area (Å²) in [5.41, 5.74) is 0.685. The number of ether oxygens (including phenoxy) is 2. The Hall–Kier alpha value is -1.46. The van der Waals surface area contributed by atoms with Crippen molar-refractivity contribution in [3.63, 3.8) is 0 Å². The van der Waals surface area contributed by atoms with Crippen molar-refractivity contribution in [2.45, 2.75) is 13.0 Å². The van der Waals surface area contributed by atoms with Crippen molar-refractivity contribution in [3.8, 4) is 5.75 Å². The van der Waals surface area contributed by atoms with E-state index < -0.39 is 6.04 Å². The van der Waals surface area contributed by atoms with E-state index in [0.29, 0.717) is 29.6 Å². The monoisotopic (exact) mass is 286 g/mol. The molecule has 0 bridgehead atoms.